The summed E-state index contributed by atoms with van der Waals surface area (Å²) in [4.78, 5) is 5.32. The maximum Gasteiger partial charge on any atom is 0.240 e. The Labute approximate surface area is 301 Å². The second kappa shape index (κ2) is 12.4. The summed E-state index contributed by atoms with van der Waals surface area (Å²) in [5.74, 6) is 1.49. The molecule has 3 heterocycles. The van der Waals surface area contributed by atoms with Gasteiger partial charge in [-0.1, -0.05) is 133 Å². The second-order valence-corrected chi connectivity index (χ2v) is 13.1. The van der Waals surface area contributed by atoms with Gasteiger partial charge in [0.05, 0.1) is 11.0 Å². The molecule has 0 radical (unpaired) electrons. The summed E-state index contributed by atoms with van der Waals surface area (Å²) in [5.41, 5.74) is 13.0. The van der Waals surface area contributed by atoms with Crippen LogP contribution in [0, 0.1) is 0 Å². The van der Waals surface area contributed by atoms with Crippen LogP contribution in [0.25, 0.3) is 49.4 Å². The highest BCUT2D eigenvalue weighted by molar-refractivity contribution is 6.17. The first kappa shape index (κ1) is 29.9. The van der Waals surface area contributed by atoms with E-state index in [1.54, 1.807) is 0 Å². The molecule has 6 nitrogen and oxygen atoms in total. The molecule has 248 valence electrons. The summed E-state index contributed by atoms with van der Waals surface area (Å²) >= 11 is 0. The van der Waals surface area contributed by atoms with E-state index in [0.717, 1.165) is 66.7 Å². The Balaban J connectivity index is 1.02. The van der Waals surface area contributed by atoms with Gasteiger partial charge in [-0.2, -0.15) is 0 Å². The molecule has 0 fully saturated rings. The molecule has 0 bridgehead atoms. The molecule has 0 saturated carbocycles. The molecular formula is C46H33N5O. The van der Waals surface area contributed by atoms with Crippen molar-refractivity contribution < 1.29 is 4.74 Å². The van der Waals surface area contributed by atoms with E-state index in [1.807, 2.05) is 36.4 Å². The number of hydrogen-bond donors (Lipinski definition) is 2. The van der Waals surface area contributed by atoms with Gasteiger partial charge in [0.2, 0.25) is 12.1 Å². The van der Waals surface area contributed by atoms with Crippen molar-refractivity contribution >= 4 is 50.0 Å². The molecular weight excluding hydrogens is 639 g/mol. The summed E-state index contributed by atoms with van der Waals surface area (Å²) in [6.07, 6.45) is 1.57. The fourth-order valence-corrected chi connectivity index (χ4v) is 7.48. The normalized spacial score (nSPS) is 16.9. The SMILES string of the molecule is C1=C(c2cccc(-c3ccc4c(C5NN=C(c6ccccc6)O5)cccc4c3)c2)NC(c2ccccc2)N=C1n1c2ccccc2c2ccccc21. The second-order valence-electron chi connectivity index (χ2n) is 13.1. The number of benzene rings is 7. The lowest BCUT2D eigenvalue weighted by atomic mass is 9.96. The largest absolute Gasteiger partial charge is 0.446 e. The van der Waals surface area contributed by atoms with Crippen molar-refractivity contribution in [2.45, 2.75) is 12.4 Å². The summed E-state index contributed by atoms with van der Waals surface area (Å²) in [6, 6.07) is 59.3. The van der Waals surface area contributed by atoms with E-state index in [4.69, 9.17) is 9.73 Å². The number of allylic oxidation sites excluding steroid dienone is 1. The number of fused-ring (bicyclic) bond motifs is 4. The van der Waals surface area contributed by atoms with Gasteiger partial charge in [-0.3, -0.25) is 9.99 Å². The zero-order valence-electron chi connectivity index (χ0n) is 28.1. The fourth-order valence-electron chi connectivity index (χ4n) is 7.48. The lowest BCUT2D eigenvalue weighted by molar-refractivity contribution is 0.193. The van der Waals surface area contributed by atoms with Crippen LogP contribution in [0.15, 0.2) is 186 Å². The van der Waals surface area contributed by atoms with Crippen LogP contribution in [0.1, 0.15) is 34.6 Å². The van der Waals surface area contributed by atoms with Crippen molar-refractivity contribution in [2.24, 2.45) is 10.1 Å². The van der Waals surface area contributed by atoms with E-state index in [0.29, 0.717) is 5.90 Å². The predicted octanol–water partition coefficient (Wildman–Crippen LogP) is 10.2. The molecule has 0 spiro atoms. The Kier molecular flexibility index (Phi) is 7.17. The van der Waals surface area contributed by atoms with Crippen molar-refractivity contribution in [2.75, 3.05) is 0 Å². The minimum Gasteiger partial charge on any atom is -0.446 e. The van der Waals surface area contributed by atoms with E-state index < -0.39 is 0 Å². The number of ether oxygens (including phenoxy) is 1. The van der Waals surface area contributed by atoms with Gasteiger partial charge in [0, 0.05) is 33.7 Å². The molecule has 2 aliphatic rings. The highest BCUT2D eigenvalue weighted by Crippen LogP contribution is 2.35. The Bertz CT molecular complexity index is 2670. The first-order chi connectivity index (χ1) is 25.8. The molecule has 52 heavy (non-hydrogen) atoms. The third-order valence-corrected chi connectivity index (χ3v) is 9.99. The van der Waals surface area contributed by atoms with Crippen LogP contribution in [0.4, 0.5) is 0 Å². The minimum atomic E-state index is -0.361. The maximum atomic E-state index is 6.28. The van der Waals surface area contributed by atoms with Gasteiger partial charge in [0.25, 0.3) is 0 Å². The fraction of sp³-hybridized carbons (Fsp3) is 0.0435. The van der Waals surface area contributed by atoms with Crippen LogP contribution in [-0.4, -0.2) is 16.3 Å². The van der Waals surface area contributed by atoms with Gasteiger partial charge in [0.1, 0.15) is 12.0 Å². The number of nitrogens with zero attached hydrogens (tertiary/aromatic N) is 3. The Hall–Kier alpha value is -6.92. The summed E-state index contributed by atoms with van der Waals surface area (Å²) in [5, 5.41) is 12.9. The molecule has 0 aliphatic carbocycles. The monoisotopic (exact) mass is 671 g/mol. The van der Waals surface area contributed by atoms with Crippen LogP contribution in [0.3, 0.4) is 0 Å². The van der Waals surface area contributed by atoms with Crippen LogP contribution < -0.4 is 10.7 Å². The molecule has 8 aromatic rings. The molecule has 2 atom stereocenters. The van der Waals surface area contributed by atoms with Crippen molar-refractivity contribution in [3.05, 3.63) is 198 Å². The first-order valence-electron chi connectivity index (χ1n) is 17.6. The molecule has 2 unspecified atom stereocenters. The molecule has 0 amide bonds. The Morgan fingerprint density at radius 1 is 0.538 bits per heavy atom. The van der Waals surface area contributed by atoms with Crippen molar-refractivity contribution in [3.8, 4) is 11.1 Å². The summed E-state index contributed by atoms with van der Waals surface area (Å²) < 4.78 is 8.57. The van der Waals surface area contributed by atoms with Gasteiger partial charge in [0.15, 0.2) is 0 Å². The highest BCUT2D eigenvalue weighted by atomic mass is 16.5. The van der Waals surface area contributed by atoms with E-state index in [2.05, 4.69) is 160 Å². The maximum absolute atomic E-state index is 6.28. The molecule has 6 heteroatoms. The molecule has 0 saturated heterocycles. The first-order valence-corrected chi connectivity index (χ1v) is 17.6. The van der Waals surface area contributed by atoms with E-state index in [1.165, 1.54) is 10.8 Å². The quantitative estimate of drug-likeness (QED) is 0.191. The number of aromatic nitrogens is 1. The number of hydrogen-bond acceptors (Lipinski definition) is 5. The average molecular weight is 672 g/mol. The van der Waals surface area contributed by atoms with Gasteiger partial charge in [-0.05, 0) is 69.4 Å². The smallest absolute Gasteiger partial charge is 0.240 e. The van der Waals surface area contributed by atoms with E-state index in [-0.39, 0.29) is 12.4 Å². The molecule has 7 aromatic carbocycles. The van der Waals surface area contributed by atoms with Crippen molar-refractivity contribution in [1.82, 2.24) is 15.3 Å². The number of nitrogens with one attached hydrogen (secondary N) is 2. The average Bonchev–Trinajstić information content (AvgIpc) is 3.85. The minimum absolute atomic E-state index is 0.253. The lowest BCUT2D eigenvalue weighted by Gasteiger charge is -2.26. The van der Waals surface area contributed by atoms with Crippen LogP contribution in [0.2, 0.25) is 0 Å². The third kappa shape index (κ3) is 5.20. The van der Waals surface area contributed by atoms with E-state index >= 15 is 0 Å². The van der Waals surface area contributed by atoms with Crippen molar-refractivity contribution in [1.29, 1.82) is 0 Å². The van der Waals surface area contributed by atoms with E-state index in [9.17, 15) is 0 Å². The Morgan fingerprint density at radius 3 is 1.98 bits per heavy atom. The highest BCUT2D eigenvalue weighted by Gasteiger charge is 2.25. The molecule has 10 rings (SSSR count). The summed E-state index contributed by atoms with van der Waals surface area (Å²) in [6.45, 7) is 0. The number of hydrazone groups is 1. The summed E-state index contributed by atoms with van der Waals surface area (Å²) in [7, 11) is 0. The Morgan fingerprint density at radius 2 is 1.19 bits per heavy atom. The van der Waals surface area contributed by atoms with Gasteiger partial charge >= 0.3 is 0 Å². The zero-order valence-corrected chi connectivity index (χ0v) is 28.1. The number of rotatable bonds is 5. The van der Waals surface area contributed by atoms with Crippen LogP contribution >= 0.6 is 0 Å². The topological polar surface area (TPSA) is 62.9 Å². The van der Waals surface area contributed by atoms with Crippen LogP contribution in [-0.2, 0) is 4.74 Å². The standard InChI is InChI=1S/C46H33N5O/c1-3-13-30(14-4-1)44-47-40(29-43(48-44)51-41-23-9-7-20-37(41)38-21-8-10-24-42(38)51)35-19-11-17-32(28-35)33-25-26-36-34(27-33)18-12-22-39(36)46-50-49-45(52-46)31-15-5-2-6-16-31/h1-29,44,46-47,50H. The molecule has 2 N–H and O–H groups in total. The molecule has 2 aliphatic heterocycles. The lowest BCUT2D eigenvalue weighted by Crippen LogP contribution is -2.27. The number of aliphatic imine (C=N–C) groups is 1. The van der Waals surface area contributed by atoms with Gasteiger partial charge < -0.3 is 10.1 Å². The van der Waals surface area contributed by atoms with Crippen molar-refractivity contribution in [3.63, 3.8) is 0 Å². The third-order valence-electron chi connectivity index (χ3n) is 9.99. The van der Waals surface area contributed by atoms with Crippen LogP contribution in [0.5, 0.6) is 0 Å². The molecule has 1 aromatic heterocycles. The zero-order chi connectivity index (χ0) is 34.4. The van der Waals surface area contributed by atoms with Gasteiger partial charge in [-0.25, -0.2) is 4.99 Å². The van der Waals surface area contributed by atoms with Gasteiger partial charge in [-0.15, -0.1) is 5.10 Å². The predicted molar refractivity (Wildman–Crippen MR) is 212 cm³/mol. The number of para-hydroxylation sites is 2.